The molecule has 2 aromatic rings. The molecule has 2 heterocycles. The molecule has 1 N–H and O–H groups in total. The Hall–Kier alpha value is -1.32. The monoisotopic (exact) mass is 258 g/mol. The van der Waals surface area contributed by atoms with Gasteiger partial charge in [0.05, 0.1) is 0 Å². The summed E-state index contributed by atoms with van der Waals surface area (Å²) in [5.41, 5.74) is 2.75. The Labute approximate surface area is 112 Å². The fraction of sp³-hybridized carbons (Fsp3) is 0.333. The number of nitrogens with one attached hydrogen (secondary N) is 1. The molecule has 18 heavy (non-hydrogen) atoms. The van der Waals surface area contributed by atoms with Crippen molar-refractivity contribution in [1.82, 2.24) is 5.32 Å². The molecule has 0 radical (unpaired) electrons. The van der Waals surface area contributed by atoms with E-state index in [1.165, 1.54) is 17.7 Å². The first-order chi connectivity index (χ1) is 8.93. The van der Waals surface area contributed by atoms with Crippen LogP contribution in [-0.2, 0) is 0 Å². The number of benzene rings is 1. The lowest BCUT2D eigenvalue weighted by Gasteiger charge is -2.25. The van der Waals surface area contributed by atoms with Crippen molar-refractivity contribution in [2.24, 2.45) is 0 Å². The van der Waals surface area contributed by atoms with Crippen molar-refractivity contribution in [2.75, 3.05) is 24.5 Å². The summed E-state index contributed by atoms with van der Waals surface area (Å²) < 4.78 is 0. The molecule has 0 amide bonds. The molecule has 0 bridgehead atoms. The van der Waals surface area contributed by atoms with Gasteiger partial charge in [-0.25, -0.2) is 0 Å². The third kappa shape index (κ3) is 2.57. The summed E-state index contributed by atoms with van der Waals surface area (Å²) in [7, 11) is 0. The molecule has 1 fully saturated rings. The molecule has 0 saturated carbocycles. The number of hydrogen-bond acceptors (Lipinski definition) is 3. The Morgan fingerprint density at radius 1 is 1.17 bits per heavy atom. The molecule has 0 spiro atoms. The smallest absolute Gasteiger partial charge is 0.0498 e. The first-order valence-electron chi connectivity index (χ1n) is 6.49. The summed E-state index contributed by atoms with van der Waals surface area (Å²) in [6, 6.07) is 13.4. The topological polar surface area (TPSA) is 15.3 Å². The van der Waals surface area contributed by atoms with Crippen LogP contribution in [0.2, 0.25) is 0 Å². The van der Waals surface area contributed by atoms with Crippen LogP contribution in [0.3, 0.4) is 0 Å². The largest absolute Gasteiger partial charge is 0.369 e. The van der Waals surface area contributed by atoms with Crippen LogP contribution in [0.4, 0.5) is 5.69 Å². The predicted octanol–water partition coefficient (Wildman–Crippen LogP) is 3.29. The summed E-state index contributed by atoms with van der Waals surface area (Å²) in [6.07, 6.45) is 1.21. The number of hydrogen-bond donors (Lipinski definition) is 1. The van der Waals surface area contributed by atoms with E-state index in [1.807, 2.05) is 0 Å². The van der Waals surface area contributed by atoms with E-state index in [0.717, 1.165) is 19.6 Å². The summed E-state index contributed by atoms with van der Waals surface area (Å²) in [6.45, 7) is 3.30. The van der Waals surface area contributed by atoms with Crippen molar-refractivity contribution in [2.45, 2.75) is 12.5 Å². The molecule has 1 aromatic heterocycles. The van der Waals surface area contributed by atoms with Crippen molar-refractivity contribution >= 4 is 17.0 Å². The molecular weight excluding hydrogens is 240 g/mol. The maximum absolute atomic E-state index is 3.65. The van der Waals surface area contributed by atoms with E-state index in [9.17, 15) is 0 Å². The second-order valence-corrected chi connectivity index (χ2v) is 5.48. The Morgan fingerprint density at radius 3 is 2.83 bits per heavy atom. The maximum atomic E-state index is 3.65. The Morgan fingerprint density at radius 2 is 2.06 bits per heavy atom. The van der Waals surface area contributed by atoms with E-state index in [2.05, 4.69) is 57.4 Å². The lowest BCUT2D eigenvalue weighted by molar-refractivity contribution is 0.570. The highest BCUT2D eigenvalue weighted by Crippen LogP contribution is 2.24. The van der Waals surface area contributed by atoms with Gasteiger partial charge in [-0.3, -0.25) is 0 Å². The van der Waals surface area contributed by atoms with Crippen LogP contribution >= 0.6 is 11.3 Å². The molecule has 3 rings (SSSR count). The van der Waals surface area contributed by atoms with Crippen molar-refractivity contribution in [3.8, 4) is 0 Å². The van der Waals surface area contributed by atoms with E-state index >= 15 is 0 Å². The van der Waals surface area contributed by atoms with Gasteiger partial charge in [0.25, 0.3) is 0 Å². The Kier molecular flexibility index (Phi) is 3.62. The quantitative estimate of drug-likeness (QED) is 0.889. The first-order valence-corrected chi connectivity index (χ1v) is 7.43. The second-order valence-electron chi connectivity index (χ2n) is 4.70. The van der Waals surface area contributed by atoms with Crippen molar-refractivity contribution in [3.63, 3.8) is 0 Å². The molecule has 1 unspecified atom stereocenters. The van der Waals surface area contributed by atoms with Crippen molar-refractivity contribution in [3.05, 3.63) is 52.7 Å². The van der Waals surface area contributed by atoms with Gasteiger partial charge in [-0.2, -0.15) is 11.3 Å². The lowest BCUT2D eigenvalue weighted by atomic mass is 10.1. The van der Waals surface area contributed by atoms with Gasteiger partial charge in [0.2, 0.25) is 0 Å². The van der Waals surface area contributed by atoms with Gasteiger partial charge in [-0.1, -0.05) is 30.3 Å². The predicted molar refractivity (Wildman–Crippen MR) is 78.3 cm³/mol. The number of thiophene rings is 1. The van der Waals surface area contributed by atoms with E-state index in [-0.39, 0.29) is 0 Å². The number of rotatable bonds is 2. The molecule has 0 aliphatic carbocycles. The third-order valence-corrected chi connectivity index (χ3v) is 4.14. The number of anilines is 1. The van der Waals surface area contributed by atoms with E-state index in [0.29, 0.717) is 6.04 Å². The van der Waals surface area contributed by atoms with Gasteiger partial charge < -0.3 is 10.2 Å². The second kappa shape index (κ2) is 5.55. The fourth-order valence-corrected chi connectivity index (χ4v) is 3.17. The zero-order valence-electron chi connectivity index (χ0n) is 10.4. The van der Waals surface area contributed by atoms with Gasteiger partial charge in [-0.05, 0) is 30.0 Å². The minimum absolute atomic E-state index is 0.439. The van der Waals surface area contributed by atoms with Gasteiger partial charge in [-0.15, -0.1) is 0 Å². The summed E-state index contributed by atoms with van der Waals surface area (Å²) >= 11 is 1.78. The minimum Gasteiger partial charge on any atom is -0.369 e. The van der Waals surface area contributed by atoms with Crippen LogP contribution < -0.4 is 10.2 Å². The van der Waals surface area contributed by atoms with Gasteiger partial charge in [0.15, 0.2) is 0 Å². The van der Waals surface area contributed by atoms with Crippen molar-refractivity contribution < 1.29 is 0 Å². The SMILES string of the molecule is c1ccc(C2CN(c3ccsc3)CCCN2)cc1. The zero-order chi connectivity index (χ0) is 12.2. The van der Waals surface area contributed by atoms with Gasteiger partial charge >= 0.3 is 0 Å². The lowest BCUT2D eigenvalue weighted by Crippen LogP contribution is -2.31. The average molecular weight is 258 g/mol. The highest BCUT2D eigenvalue weighted by molar-refractivity contribution is 7.08. The molecule has 1 aromatic carbocycles. The van der Waals surface area contributed by atoms with Gasteiger partial charge in [0, 0.05) is 30.2 Å². The third-order valence-electron chi connectivity index (χ3n) is 3.47. The van der Waals surface area contributed by atoms with Crippen LogP contribution in [0, 0.1) is 0 Å². The van der Waals surface area contributed by atoms with E-state index in [1.54, 1.807) is 11.3 Å². The van der Waals surface area contributed by atoms with Crippen LogP contribution in [0.5, 0.6) is 0 Å². The van der Waals surface area contributed by atoms with Crippen LogP contribution in [0.25, 0.3) is 0 Å². The summed E-state index contributed by atoms with van der Waals surface area (Å²) in [5, 5.41) is 8.05. The normalized spacial score (nSPS) is 20.7. The molecule has 1 aliphatic heterocycles. The molecule has 2 nitrogen and oxygen atoms in total. The van der Waals surface area contributed by atoms with Gasteiger partial charge in [0.1, 0.15) is 0 Å². The molecular formula is C15H18N2S. The fourth-order valence-electron chi connectivity index (χ4n) is 2.50. The maximum Gasteiger partial charge on any atom is 0.0498 e. The van der Waals surface area contributed by atoms with Crippen LogP contribution in [0.15, 0.2) is 47.2 Å². The molecule has 3 heteroatoms. The zero-order valence-corrected chi connectivity index (χ0v) is 11.2. The highest BCUT2D eigenvalue weighted by atomic mass is 32.1. The van der Waals surface area contributed by atoms with Crippen molar-refractivity contribution in [1.29, 1.82) is 0 Å². The van der Waals surface area contributed by atoms with E-state index < -0.39 is 0 Å². The molecule has 1 saturated heterocycles. The summed E-state index contributed by atoms with van der Waals surface area (Å²) in [5.74, 6) is 0. The Balaban J connectivity index is 1.79. The Bertz CT molecular complexity index is 467. The molecule has 94 valence electrons. The summed E-state index contributed by atoms with van der Waals surface area (Å²) in [4.78, 5) is 2.49. The standard InChI is InChI=1S/C15H18N2S/c1-2-5-13(6-3-1)15-11-17(9-4-8-16-15)14-7-10-18-12-14/h1-3,5-7,10,12,15-16H,4,8-9,11H2. The highest BCUT2D eigenvalue weighted by Gasteiger charge is 2.19. The average Bonchev–Trinajstić information content (AvgIpc) is 2.85. The molecule has 1 aliphatic rings. The minimum atomic E-state index is 0.439. The first kappa shape index (κ1) is 11.8. The van der Waals surface area contributed by atoms with Crippen LogP contribution in [-0.4, -0.2) is 19.6 Å². The van der Waals surface area contributed by atoms with E-state index in [4.69, 9.17) is 0 Å². The van der Waals surface area contributed by atoms with Crippen LogP contribution in [0.1, 0.15) is 18.0 Å². The number of nitrogens with zero attached hydrogens (tertiary/aromatic N) is 1. The molecule has 1 atom stereocenters.